The van der Waals surface area contributed by atoms with Gasteiger partial charge in [0.2, 0.25) is 0 Å². The molecule has 3 heterocycles. The first-order valence-electron chi connectivity index (χ1n) is 28.9. The molecule has 0 bridgehead atoms. The zero-order chi connectivity index (χ0) is 54.4. The fraction of sp³-hybridized carbons (Fsp3) is 0.0250. The standard InChI is InChI=1S/C80H51N3/c1-3-20-54(21-4-1)79(68-30-12-7-24-60(68)61-25-8-13-31-69(61)79)55-41-45-58(46-42-55)81(57-43-38-52(39-44-57)53-40-48-66-64-27-10-16-35-74(64)82(77(66)50-53)56-22-5-2-6-23-56)59-47-49-63-62-26-9-14-32-70(62)80(73(63)51-59)71-33-15-18-37-76(71)83-75-36-17-11-28-65(75)67-29-19-34-72(80)78(67)83/h1-51H. The highest BCUT2D eigenvalue weighted by molar-refractivity contribution is 6.13. The zero-order valence-corrected chi connectivity index (χ0v) is 45.3. The first-order valence-corrected chi connectivity index (χ1v) is 28.9. The van der Waals surface area contributed by atoms with Gasteiger partial charge in [0.15, 0.2) is 0 Å². The second-order valence-corrected chi connectivity index (χ2v) is 22.7. The predicted molar refractivity (Wildman–Crippen MR) is 343 cm³/mol. The third-order valence-electron chi connectivity index (χ3n) is 18.8. The van der Waals surface area contributed by atoms with E-state index in [1.807, 2.05) is 0 Å². The van der Waals surface area contributed by atoms with Crippen LogP contribution in [0.4, 0.5) is 17.1 Å². The van der Waals surface area contributed by atoms with Crippen molar-refractivity contribution in [3.63, 3.8) is 0 Å². The van der Waals surface area contributed by atoms with Crippen molar-refractivity contribution < 1.29 is 0 Å². The van der Waals surface area contributed by atoms with Gasteiger partial charge in [0.1, 0.15) is 0 Å². The smallest absolute Gasteiger partial charge is 0.0755 e. The molecule has 0 fully saturated rings. The van der Waals surface area contributed by atoms with Crippen molar-refractivity contribution in [2.24, 2.45) is 0 Å². The minimum Gasteiger partial charge on any atom is -0.310 e. The molecule has 386 valence electrons. The van der Waals surface area contributed by atoms with Crippen molar-refractivity contribution in [2.45, 2.75) is 10.8 Å². The van der Waals surface area contributed by atoms with Crippen LogP contribution in [0, 0.1) is 0 Å². The highest BCUT2D eigenvalue weighted by Crippen LogP contribution is 2.62. The van der Waals surface area contributed by atoms with Gasteiger partial charge in [-0.1, -0.05) is 237 Å². The summed E-state index contributed by atoms with van der Waals surface area (Å²) >= 11 is 0. The van der Waals surface area contributed by atoms with Crippen LogP contribution >= 0.6 is 0 Å². The molecule has 2 aliphatic carbocycles. The average Bonchev–Trinajstić information content (AvgIpc) is 1.65. The molecule has 0 radical (unpaired) electrons. The molecule has 1 spiro atoms. The minimum atomic E-state index is -0.603. The van der Waals surface area contributed by atoms with Gasteiger partial charge in [0, 0.05) is 44.3 Å². The number of aromatic nitrogens is 2. The topological polar surface area (TPSA) is 13.1 Å². The van der Waals surface area contributed by atoms with Crippen LogP contribution in [0.5, 0.6) is 0 Å². The van der Waals surface area contributed by atoms with E-state index in [4.69, 9.17) is 0 Å². The van der Waals surface area contributed by atoms with Gasteiger partial charge in [0.05, 0.1) is 38.6 Å². The van der Waals surface area contributed by atoms with Crippen LogP contribution in [0.1, 0.15) is 44.5 Å². The average molecular weight is 1050 g/mol. The summed E-state index contributed by atoms with van der Waals surface area (Å²) in [4.78, 5) is 2.49. The van der Waals surface area contributed by atoms with E-state index >= 15 is 0 Å². The Morgan fingerprint density at radius 3 is 1.41 bits per heavy atom. The normalized spacial score (nSPS) is 14.9. The van der Waals surface area contributed by atoms with Gasteiger partial charge >= 0.3 is 0 Å². The van der Waals surface area contributed by atoms with Crippen molar-refractivity contribution in [3.8, 4) is 44.8 Å². The van der Waals surface area contributed by atoms with Crippen LogP contribution in [-0.2, 0) is 10.8 Å². The van der Waals surface area contributed by atoms with Crippen LogP contribution in [0.25, 0.3) is 88.4 Å². The molecule has 0 saturated heterocycles. The Balaban J connectivity index is 0.852. The summed E-state index contributed by atoms with van der Waals surface area (Å²) in [5.41, 5.74) is 27.1. The van der Waals surface area contributed by atoms with E-state index in [1.54, 1.807) is 0 Å². The molecule has 13 aromatic carbocycles. The molecule has 0 saturated carbocycles. The number of hydrogen-bond acceptors (Lipinski definition) is 1. The van der Waals surface area contributed by atoms with Crippen LogP contribution in [0.2, 0.25) is 0 Å². The second kappa shape index (κ2) is 17.4. The summed E-state index contributed by atoms with van der Waals surface area (Å²) in [6, 6.07) is 116. The summed E-state index contributed by atoms with van der Waals surface area (Å²) in [6.07, 6.45) is 0. The lowest BCUT2D eigenvalue weighted by Crippen LogP contribution is -2.33. The Morgan fingerprint density at radius 1 is 0.253 bits per heavy atom. The van der Waals surface area contributed by atoms with Crippen LogP contribution in [-0.4, -0.2) is 9.13 Å². The lowest BCUT2D eigenvalue weighted by Gasteiger charge is -2.40. The number of rotatable bonds is 7. The molecule has 1 aliphatic heterocycles. The molecular formula is C80H51N3. The summed E-state index contributed by atoms with van der Waals surface area (Å²) in [7, 11) is 0. The molecule has 3 nitrogen and oxygen atoms in total. The maximum absolute atomic E-state index is 2.53. The fourth-order valence-corrected chi connectivity index (χ4v) is 15.5. The SMILES string of the molecule is c1ccc(-n2c3ccccc3c3ccc(-c4ccc(N(c5ccc(C6(c7ccccc7)c7ccccc7-c7ccccc76)cc5)c5ccc6c(c5)C5(c7ccccc7-6)c6ccccc6-n6c7ccccc7c7cccc5c76)cc4)cc32)cc1. The lowest BCUT2D eigenvalue weighted by atomic mass is 9.65. The van der Waals surface area contributed by atoms with E-state index < -0.39 is 10.8 Å². The zero-order valence-electron chi connectivity index (χ0n) is 45.3. The molecule has 18 rings (SSSR count). The van der Waals surface area contributed by atoms with E-state index in [0.717, 1.165) is 28.3 Å². The Hall–Kier alpha value is -10.7. The highest BCUT2D eigenvalue weighted by atomic mass is 15.1. The van der Waals surface area contributed by atoms with E-state index in [2.05, 4.69) is 323 Å². The number of nitrogens with zero attached hydrogens (tertiary/aromatic N) is 3. The lowest BCUT2D eigenvalue weighted by molar-refractivity contribution is 0.748. The Bertz CT molecular complexity index is 5100. The number of fused-ring (bicyclic) bond motifs is 18. The summed E-state index contributed by atoms with van der Waals surface area (Å²) < 4.78 is 4.94. The molecule has 3 aliphatic rings. The Labute approximate surface area is 481 Å². The van der Waals surface area contributed by atoms with Gasteiger partial charge in [-0.2, -0.15) is 0 Å². The number of para-hydroxylation sites is 5. The van der Waals surface area contributed by atoms with Crippen LogP contribution in [0.3, 0.4) is 0 Å². The van der Waals surface area contributed by atoms with Crippen molar-refractivity contribution in [2.75, 3.05) is 4.90 Å². The molecule has 3 heteroatoms. The van der Waals surface area contributed by atoms with Crippen LogP contribution < -0.4 is 4.90 Å². The number of anilines is 3. The molecule has 0 amide bonds. The largest absolute Gasteiger partial charge is 0.310 e. The molecule has 1 unspecified atom stereocenters. The summed E-state index contributed by atoms with van der Waals surface area (Å²) in [5.74, 6) is 0. The van der Waals surface area contributed by atoms with Crippen molar-refractivity contribution >= 4 is 60.7 Å². The van der Waals surface area contributed by atoms with Gasteiger partial charge in [0.25, 0.3) is 0 Å². The highest BCUT2D eigenvalue weighted by Gasteiger charge is 2.51. The predicted octanol–water partition coefficient (Wildman–Crippen LogP) is 20.1. The van der Waals surface area contributed by atoms with Crippen molar-refractivity contribution in [3.05, 3.63) is 354 Å². The molecule has 0 N–H and O–H groups in total. The van der Waals surface area contributed by atoms with E-state index in [9.17, 15) is 0 Å². The number of benzene rings is 13. The molecule has 83 heavy (non-hydrogen) atoms. The first-order chi connectivity index (χ1) is 41.2. The van der Waals surface area contributed by atoms with Gasteiger partial charge in [-0.15, -0.1) is 0 Å². The summed E-state index contributed by atoms with van der Waals surface area (Å²) in [6.45, 7) is 0. The van der Waals surface area contributed by atoms with Gasteiger partial charge in [-0.3, -0.25) is 0 Å². The van der Waals surface area contributed by atoms with E-state index in [-0.39, 0.29) is 0 Å². The summed E-state index contributed by atoms with van der Waals surface area (Å²) in [5, 5.41) is 5.04. The molecule has 1 atom stereocenters. The fourth-order valence-electron chi connectivity index (χ4n) is 15.5. The molecular weight excluding hydrogens is 1000 g/mol. The van der Waals surface area contributed by atoms with Crippen molar-refractivity contribution in [1.82, 2.24) is 9.13 Å². The first kappa shape index (κ1) is 46.1. The van der Waals surface area contributed by atoms with Crippen LogP contribution in [0.15, 0.2) is 309 Å². The monoisotopic (exact) mass is 1050 g/mol. The Morgan fingerprint density at radius 2 is 0.723 bits per heavy atom. The van der Waals surface area contributed by atoms with Gasteiger partial charge in [-0.25, -0.2) is 0 Å². The second-order valence-electron chi connectivity index (χ2n) is 22.7. The quantitative estimate of drug-likeness (QED) is 0.155. The number of hydrogen-bond donors (Lipinski definition) is 0. The molecule has 2 aromatic heterocycles. The van der Waals surface area contributed by atoms with Gasteiger partial charge in [-0.05, 0) is 151 Å². The molecule has 15 aromatic rings. The maximum Gasteiger partial charge on any atom is 0.0755 e. The third-order valence-corrected chi connectivity index (χ3v) is 18.8. The van der Waals surface area contributed by atoms with Crippen molar-refractivity contribution in [1.29, 1.82) is 0 Å². The minimum absolute atomic E-state index is 0.517. The van der Waals surface area contributed by atoms with E-state index in [1.165, 1.54) is 122 Å². The third kappa shape index (κ3) is 6.18. The van der Waals surface area contributed by atoms with E-state index in [0.29, 0.717) is 0 Å². The Kier molecular flexibility index (Phi) is 9.64. The maximum atomic E-state index is 2.53. The van der Waals surface area contributed by atoms with Gasteiger partial charge < -0.3 is 14.0 Å².